The number of hydrogen-bond donors (Lipinski definition) is 0. The van der Waals surface area contributed by atoms with Crippen LogP contribution in [0, 0.1) is 0 Å². The van der Waals surface area contributed by atoms with Gasteiger partial charge < -0.3 is 18.8 Å². The molecule has 0 N–H and O–H groups in total. The van der Waals surface area contributed by atoms with E-state index >= 15 is 0 Å². The van der Waals surface area contributed by atoms with E-state index in [1.54, 1.807) is 30.1 Å². The van der Waals surface area contributed by atoms with Crippen molar-refractivity contribution in [2.24, 2.45) is 0 Å². The van der Waals surface area contributed by atoms with E-state index in [-0.39, 0.29) is 25.0 Å². The summed E-state index contributed by atoms with van der Waals surface area (Å²) in [6.45, 7) is 1.07. The summed E-state index contributed by atoms with van der Waals surface area (Å²) in [5.74, 6) is 0.877. The van der Waals surface area contributed by atoms with Crippen LogP contribution in [0.15, 0.2) is 57.7 Å². The minimum Gasteiger partial charge on any atom is -0.486 e. The van der Waals surface area contributed by atoms with Crippen molar-refractivity contribution in [1.29, 1.82) is 0 Å². The van der Waals surface area contributed by atoms with Crippen molar-refractivity contribution < 1.29 is 18.7 Å². The van der Waals surface area contributed by atoms with Gasteiger partial charge in [-0.25, -0.2) is 4.79 Å². The molecule has 0 spiro atoms. The van der Waals surface area contributed by atoms with E-state index in [1.165, 1.54) is 4.57 Å². The van der Waals surface area contributed by atoms with Gasteiger partial charge in [0.1, 0.15) is 6.61 Å². The molecule has 1 unspecified atom stereocenters. The number of oxazole rings is 1. The van der Waals surface area contributed by atoms with E-state index in [0.29, 0.717) is 35.8 Å². The number of ether oxygens (including phenoxy) is 2. The number of fused-ring (bicyclic) bond motifs is 2. The number of rotatable bonds is 5. The third-order valence-electron chi connectivity index (χ3n) is 4.59. The van der Waals surface area contributed by atoms with Gasteiger partial charge in [0.2, 0.25) is 5.91 Å². The third-order valence-corrected chi connectivity index (χ3v) is 4.59. The predicted octanol–water partition coefficient (Wildman–Crippen LogP) is 2.28. The van der Waals surface area contributed by atoms with Gasteiger partial charge in [0, 0.05) is 20.0 Å². The number of carbonyl (C=O) groups excluding carboxylic acids is 1. The van der Waals surface area contributed by atoms with E-state index in [4.69, 9.17) is 13.9 Å². The molecule has 0 radical (unpaired) electrons. The van der Waals surface area contributed by atoms with Crippen LogP contribution in [-0.2, 0) is 11.3 Å². The zero-order chi connectivity index (χ0) is 18.8. The van der Waals surface area contributed by atoms with Crippen molar-refractivity contribution in [3.63, 3.8) is 0 Å². The number of carbonyl (C=O) groups is 1. The van der Waals surface area contributed by atoms with E-state index < -0.39 is 5.76 Å². The summed E-state index contributed by atoms with van der Waals surface area (Å²) in [5.41, 5.74) is 1.22. The van der Waals surface area contributed by atoms with Gasteiger partial charge >= 0.3 is 5.76 Å². The van der Waals surface area contributed by atoms with Gasteiger partial charge in [0.25, 0.3) is 0 Å². The molecule has 0 aliphatic carbocycles. The minimum atomic E-state index is -0.452. The number of aromatic nitrogens is 1. The molecular weight excluding hydrogens is 348 g/mol. The molecule has 7 heteroatoms. The molecule has 2 heterocycles. The highest BCUT2D eigenvalue weighted by Crippen LogP contribution is 2.30. The molecule has 1 atom stereocenters. The van der Waals surface area contributed by atoms with Gasteiger partial charge in [-0.2, -0.15) is 0 Å². The molecule has 2 aromatic carbocycles. The zero-order valence-electron chi connectivity index (χ0n) is 15.0. The van der Waals surface area contributed by atoms with Crippen molar-refractivity contribution in [2.75, 3.05) is 20.2 Å². The molecule has 1 aliphatic heterocycles. The Kier molecular flexibility index (Phi) is 4.58. The minimum absolute atomic E-state index is 0.0744. The fraction of sp³-hybridized carbons (Fsp3) is 0.300. The molecule has 1 amide bonds. The van der Waals surface area contributed by atoms with Gasteiger partial charge in [-0.05, 0) is 24.3 Å². The van der Waals surface area contributed by atoms with Crippen LogP contribution in [0.5, 0.6) is 11.5 Å². The normalized spacial score (nSPS) is 15.7. The van der Waals surface area contributed by atoms with Crippen LogP contribution >= 0.6 is 0 Å². The largest absolute Gasteiger partial charge is 0.486 e. The third kappa shape index (κ3) is 3.53. The predicted molar refractivity (Wildman–Crippen MR) is 99.1 cm³/mol. The van der Waals surface area contributed by atoms with E-state index in [1.807, 2.05) is 30.3 Å². The first-order valence-electron chi connectivity index (χ1n) is 8.82. The number of nitrogens with zero attached hydrogens (tertiary/aromatic N) is 2. The van der Waals surface area contributed by atoms with Crippen LogP contribution in [0.3, 0.4) is 0 Å². The quantitative estimate of drug-likeness (QED) is 0.691. The number of likely N-dealkylation sites (N-methyl/N-ethyl adjacent to an activating group) is 1. The van der Waals surface area contributed by atoms with Crippen LogP contribution in [0.1, 0.15) is 6.42 Å². The lowest BCUT2D eigenvalue weighted by Crippen LogP contribution is -2.42. The number of hydrogen-bond acceptors (Lipinski definition) is 5. The molecule has 140 valence electrons. The summed E-state index contributed by atoms with van der Waals surface area (Å²) < 4.78 is 18.2. The zero-order valence-corrected chi connectivity index (χ0v) is 15.0. The average Bonchev–Trinajstić information content (AvgIpc) is 3.01. The first-order chi connectivity index (χ1) is 13.1. The van der Waals surface area contributed by atoms with Crippen LogP contribution < -0.4 is 15.2 Å². The van der Waals surface area contributed by atoms with E-state index in [9.17, 15) is 9.59 Å². The number of benzene rings is 2. The Morgan fingerprint density at radius 2 is 1.89 bits per heavy atom. The monoisotopic (exact) mass is 368 g/mol. The molecular formula is C20H20N2O5. The Hall–Kier alpha value is -3.22. The summed E-state index contributed by atoms with van der Waals surface area (Å²) in [4.78, 5) is 26.1. The molecule has 0 fully saturated rings. The molecule has 0 saturated carbocycles. The van der Waals surface area contributed by atoms with Gasteiger partial charge in [0.05, 0.1) is 12.1 Å². The topological polar surface area (TPSA) is 73.9 Å². The standard InChI is InChI=1S/C20H20N2O5/c1-21(12-14-13-25-17-8-4-5-9-18(17)26-14)19(23)10-11-22-15-6-2-3-7-16(15)27-20(22)24/h2-9,14H,10-13H2,1H3. The summed E-state index contributed by atoms with van der Waals surface area (Å²) >= 11 is 0. The van der Waals surface area contributed by atoms with Crippen molar-refractivity contribution >= 4 is 17.0 Å². The van der Waals surface area contributed by atoms with E-state index in [2.05, 4.69) is 0 Å². The van der Waals surface area contributed by atoms with Crippen LogP contribution in [-0.4, -0.2) is 41.7 Å². The van der Waals surface area contributed by atoms with Gasteiger partial charge in [-0.15, -0.1) is 0 Å². The highest BCUT2D eigenvalue weighted by molar-refractivity contribution is 5.76. The number of para-hydroxylation sites is 4. The molecule has 0 bridgehead atoms. The number of aryl methyl sites for hydroxylation is 1. The van der Waals surface area contributed by atoms with E-state index in [0.717, 1.165) is 0 Å². The molecule has 1 aliphatic rings. The smallest absolute Gasteiger partial charge is 0.419 e. The molecule has 4 rings (SSSR count). The maximum absolute atomic E-state index is 12.5. The summed E-state index contributed by atoms with van der Waals surface area (Å²) in [7, 11) is 1.72. The van der Waals surface area contributed by atoms with Gasteiger partial charge in [-0.3, -0.25) is 9.36 Å². The first-order valence-corrected chi connectivity index (χ1v) is 8.82. The second-order valence-corrected chi connectivity index (χ2v) is 6.51. The Balaban J connectivity index is 1.36. The maximum Gasteiger partial charge on any atom is 0.419 e. The highest BCUT2D eigenvalue weighted by Gasteiger charge is 2.23. The lowest BCUT2D eigenvalue weighted by molar-refractivity contribution is -0.131. The van der Waals surface area contributed by atoms with Gasteiger partial charge in [-0.1, -0.05) is 24.3 Å². The molecule has 3 aromatic rings. The average molecular weight is 368 g/mol. The fourth-order valence-corrected chi connectivity index (χ4v) is 3.18. The Morgan fingerprint density at radius 1 is 1.15 bits per heavy atom. The second kappa shape index (κ2) is 7.19. The van der Waals surface area contributed by atoms with Crippen molar-refractivity contribution in [3.05, 3.63) is 59.1 Å². The van der Waals surface area contributed by atoms with Gasteiger partial charge in [0.15, 0.2) is 23.2 Å². The van der Waals surface area contributed by atoms with Crippen LogP contribution in [0.4, 0.5) is 0 Å². The fourth-order valence-electron chi connectivity index (χ4n) is 3.18. The number of amides is 1. The van der Waals surface area contributed by atoms with Crippen molar-refractivity contribution in [3.8, 4) is 11.5 Å². The maximum atomic E-state index is 12.5. The highest BCUT2D eigenvalue weighted by atomic mass is 16.6. The Morgan fingerprint density at radius 3 is 2.74 bits per heavy atom. The summed E-state index contributed by atoms with van der Waals surface area (Å²) in [6, 6.07) is 14.6. The lowest BCUT2D eigenvalue weighted by Gasteiger charge is -2.29. The molecule has 1 aromatic heterocycles. The van der Waals surface area contributed by atoms with Crippen LogP contribution in [0.2, 0.25) is 0 Å². The first kappa shape index (κ1) is 17.2. The van der Waals surface area contributed by atoms with Crippen molar-refractivity contribution in [2.45, 2.75) is 19.1 Å². The van der Waals surface area contributed by atoms with Crippen molar-refractivity contribution in [1.82, 2.24) is 9.47 Å². The summed E-state index contributed by atoms with van der Waals surface area (Å²) in [6.07, 6.45) is -0.0317. The second-order valence-electron chi connectivity index (χ2n) is 6.51. The molecule has 0 saturated heterocycles. The Labute approximate surface area is 155 Å². The van der Waals surface area contributed by atoms with Crippen LogP contribution in [0.25, 0.3) is 11.1 Å². The summed E-state index contributed by atoms with van der Waals surface area (Å²) in [5, 5.41) is 0. The SMILES string of the molecule is CN(CC1COc2ccccc2O1)C(=O)CCn1c(=O)oc2ccccc21. The molecule has 7 nitrogen and oxygen atoms in total. The lowest BCUT2D eigenvalue weighted by atomic mass is 10.2. The Bertz CT molecular complexity index is 1020. The molecule has 27 heavy (non-hydrogen) atoms.